The van der Waals surface area contributed by atoms with E-state index in [1.165, 1.54) is 13.8 Å². The lowest BCUT2D eigenvalue weighted by Gasteiger charge is -2.49. The molecule has 0 spiro atoms. The summed E-state index contributed by atoms with van der Waals surface area (Å²) in [6.07, 6.45) is -18.8. The Morgan fingerprint density at radius 1 is 0.857 bits per heavy atom. The van der Waals surface area contributed by atoms with Crippen LogP contribution in [-0.4, -0.2) is 43.0 Å². The van der Waals surface area contributed by atoms with E-state index >= 15 is 0 Å². The minimum Gasteiger partial charge on any atom is -0.339 e. The maximum Gasteiger partial charge on any atom is 0.426 e. The SMILES string of the molecule is CC1C(C)C2CC1C(C(F)(F)F)C2C(OCS(=O)(=O)O)(C(F)(F)F)C(F)(F)F. The van der Waals surface area contributed by atoms with Crippen LogP contribution in [0.25, 0.3) is 0 Å². The van der Waals surface area contributed by atoms with Gasteiger partial charge in [0, 0.05) is 5.92 Å². The quantitative estimate of drug-likeness (QED) is 0.507. The van der Waals surface area contributed by atoms with Gasteiger partial charge in [-0.15, -0.1) is 0 Å². The van der Waals surface area contributed by atoms with Gasteiger partial charge in [-0.25, -0.2) is 0 Å². The standard InChI is InChI=1S/C14H17F9O4S/c1-5-6(2)8-3-7(5)9(10(8)12(15,16)17)11(13(18,19)20,14(21,22)23)27-4-28(24,25)26/h5-10H,3-4H2,1-2H3,(H,24,25,26). The number of alkyl halides is 9. The molecule has 6 atom stereocenters. The summed E-state index contributed by atoms with van der Waals surface area (Å²) in [4.78, 5) is 0. The normalized spacial score (nSPS) is 34.9. The Balaban J connectivity index is 2.74. The van der Waals surface area contributed by atoms with Crippen LogP contribution < -0.4 is 0 Å². The van der Waals surface area contributed by atoms with Gasteiger partial charge in [0.2, 0.25) is 0 Å². The summed E-state index contributed by atoms with van der Waals surface area (Å²) >= 11 is 0. The first-order valence-electron chi connectivity index (χ1n) is 8.05. The Morgan fingerprint density at radius 3 is 1.57 bits per heavy atom. The van der Waals surface area contributed by atoms with E-state index in [1.54, 1.807) is 0 Å². The molecule has 166 valence electrons. The van der Waals surface area contributed by atoms with Crippen molar-refractivity contribution in [3.8, 4) is 0 Å². The van der Waals surface area contributed by atoms with Crippen molar-refractivity contribution >= 4 is 10.1 Å². The van der Waals surface area contributed by atoms with Crippen LogP contribution in [0.2, 0.25) is 0 Å². The summed E-state index contributed by atoms with van der Waals surface area (Å²) in [6.45, 7) is 2.58. The highest BCUT2D eigenvalue weighted by molar-refractivity contribution is 7.85. The zero-order valence-corrected chi connectivity index (χ0v) is 15.2. The molecule has 2 rings (SSSR count). The first-order valence-corrected chi connectivity index (χ1v) is 9.66. The van der Waals surface area contributed by atoms with Crippen LogP contribution in [0.1, 0.15) is 20.3 Å². The molecule has 1 N–H and O–H groups in total. The van der Waals surface area contributed by atoms with E-state index in [4.69, 9.17) is 4.55 Å². The van der Waals surface area contributed by atoms with Crippen molar-refractivity contribution < 1.29 is 57.2 Å². The van der Waals surface area contributed by atoms with Crippen LogP contribution in [0.3, 0.4) is 0 Å². The molecule has 2 saturated carbocycles. The zero-order valence-electron chi connectivity index (χ0n) is 14.4. The fraction of sp³-hybridized carbons (Fsp3) is 1.00. The topological polar surface area (TPSA) is 63.6 Å². The number of ether oxygens (including phenoxy) is 1. The Hall–Kier alpha value is -0.760. The second-order valence-corrected chi connectivity index (χ2v) is 8.85. The number of hydrogen-bond acceptors (Lipinski definition) is 3. The molecular weight excluding hydrogens is 435 g/mol. The molecule has 0 aliphatic heterocycles. The van der Waals surface area contributed by atoms with Gasteiger partial charge in [0.25, 0.3) is 15.7 Å². The molecular formula is C14H17F9O4S. The molecule has 14 heteroatoms. The molecule has 0 aromatic carbocycles. The molecule has 6 unspecified atom stereocenters. The van der Waals surface area contributed by atoms with E-state index in [9.17, 15) is 47.9 Å². The zero-order chi connectivity index (χ0) is 22.1. The molecule has 0 radical (unpaired) electrons. The van der Waals surface area contributed by atoms with Gasteiger partial charge in [-0.05, 0) is 30.1 Å². The predicted octanol–water partition coefficient (Wildman–Crippen LogP) is 4.43. The Kier molecular flexibility index (Phi) is 5.56. The van der Waals surface area contributed by atoms with Crippen LogP contribution in [-0.2, 0) is 14.9 Å². The van der Waals surface area contributed by atoms with E-state index in [0.29, 0.717) is 0 Å². The van der Waals surface area contributed by atoms with Gasteiger partial charge in [-0.2, -0.15) is 47.9 Å². The monoisotopic (exact) mass is 452 g/mol. The molecule has 0 heterocycles. The molecule has 4 nitrogen and oxygen atoms in total. The number of halogens is 9. The second kappa shape index (κ2) is 6.62. The van der Waals surface area contributed by atoms with Crippen molar-refractivity contribution in [3.63, 3.8) is 0 Å². The van der Waals surface area contributed by atoms with Crippen molar-refractivity contribution in [1.29, 1.82) is 0 Å². The molecule has 2 bridgehead atoms. The van der Waals surface area contributed by atoms with Gasteiger partial charge in [-0.3, -0.25) is 4.55 Å². The summed E-state index contributed by atoms with van der Waals surface area (Å²) in [5.41, 5.74) is -5.40. The van der Waals surface area contributed by atoms with Gasteiger partial charge >= 0.3 is 18.5 Å². The molecule has 2 aliphatic carbocycles. The van der Waals surface area contributed by atoms with E-state index in [-0.39, 0.29) is 0 Å². The molecule has 2 fully saturated rings. The minimum absolute atomic E-state index is 0.527. The van der Waals surface area contributed by atoms with Crippen LogP contribution in [0, 0.1) is 35.5 Å². The smallest absolute Gasteiger partial charge is 0.339 e. The van der Waals surface area contributed by atoms with Crippen molar-refractivity contribution in [2.75, 3.05) is 5.94 Å². The highest BCUT2D eigenvalue weighted by Crippen LogP contribution is 2.69. The van der Waals surface area contributed by atoms with E-state index in [2.05, 4.69) is 4.74 Å². The third-order valence-electron chi connectivity index (χ3n) is 6.16. The molecule has 0 aromatic rings. The summed E-state index contributed by atoms with van der Waals surface area (Å²) in [5, 5.41) is 0. The largest absolute Gasteiger partial charge is 0.426 e. The number of hydrogen-bond donors (Lipinski definition) is 1. The van der Waals surface area contributed by atoms with Crippen LogP contribution >= 0.6 is 0 Å². The molecule has 0 aromatic heterocycles. The highest BCUT2D eigenvalue weighted by Gasteiger charge is 2.83. The van der Waals surface area contributed by atoms with Crippen LogP contribution in [0.15, 0.2) is 0 Å². The van der Waals surface area contributed by atoms with E-state index in [1.807, 2.05) is 0 Å². The molecule has 2 aliphatic rings. The lowest BCUT2D eigenvalue weighted by molar-refractivity contribution is -0.411. The molecule has 0 amide bonds. The highest BCUT2D eigenvalue weighted by atomic mass is 32.2. The van der Waals surface area contributed by atoms with Crippen molar-refractivity contribution in [2.24, 2.45) is 35.5 Å². The third kappa shape index (κ3) is 3.59. The van der Waals surface area contributed by atoms with Crippen LogP contribution in [0.4, 0.5) is 39.5 Å². The van der Waals surface area contributed by atoms with Crippen molar-refractivity contribution in [1.82, 2.24) is 0 Å². The summed E-state index contributed by atoms with van der Waals surface area (Å²) in [6, 6.07) is 0. The fourth-order valence-corrected chi connectivity index (χ4v) is 5.30. The average Bonchev–Trinajstić information content (AvgIpc) is 2.93. The van der Waals surface area contributed by atoms with E-state index in [0.717, 1.165) is 0 Å². The Morgan fingerprint density at radius 2 is 1.25 bits per heavy atom. The Labute approximate surface area is 154 Å². The van der Waals surface area contributed by atoms with Gasteiger partial charge < -0.3 is 4.74 Å². The third-order valence-corrected chi connectivity index (χ3v) is 6.57. The number of rotatable bonds is 4. The lowest BCUT2D eigenvalue weighted by atomic mass is 9.62. The summed E-state index contributed by atoms with van der Waals surface area (Å²) < 4.78 is 157. The van der Waals surface area contributed by atoms with E-state index < -0.39 is 82.1 Å². The predicted molar refractivity (Wildman–Crippen MR) is 75.3 cm³/mol. The maximum absolute atomic E-state index is 13.7. The van der Waals surface area contributed by atoms with Gasteiger partial charge in [-0.1, -0.05) is 13.8 Å². The molecule has 0 saturated heterocycles. The Bertz CT molecular complexity index is 683. The maximum atomic E-state index is 13.7. The summed E-state index contributed by atoms with van der Waals surface area (Å²) in [7, 11) is -5.50. The lowest BCUT2D eigenvalue weighted by Crippen LogP contribution is -2.68. The molecule has 28 heavy (non-hydrogen) atoms. The van der Waals surface area contributed by atoms with Gasteiger partial charge in [0.1, 0.15) is 0 Å². The average molecular weight is 452 g/mol. The number of fused-ring (bicyclic) bond motifs is 2. The minimum atomic E-state index is -6.42. The fourth-order valence-electron chi connectivity index (χ4n) is 4.97. The van der Waals surface area contributed by atoms with Crippen LogP contribution in [0.5, 0.6) is 0 Å². The van der Waals surface area contributed by atoms with Gasteiger partial charge in [0.05, 0.1) is 5.92 Å². The van der Waals surface area contributed by atoms with Crippen molar-refractivity contribution in [3.05, 3.63) is 0 Å². The second-order valence-electron chi connectivity index (χ2n) is 7.45. The summed E-state index contributed by atoms with van der Waals surface area (Å²) in [5.74, 6) is -13.4. The first kappa shape index (κ1) is 23.5. The van der Waals surface area contributed by atoms with Gasteiger partial charge in [0.15, 0.2) is 5.94 Å². The van der Waals surface area contributed by atoms with Crippen molar-refractivity contribution in [2.45, 2.75) is 44.4 Å². The first-order chi connectivity index (χ1) is 12.3.